The molecule has 0 radical (unpaired) electrons. The van der Waals surface area contributed by atoms with Gasteiger partial charge in [-0.2, -0.15) is 20.1 Å². The summed E-state index contributed by atoms with van der Waals surface area (Å²) in [5.41, 5.74) is 6.91. The van der Waals surface area contributed by atoms with Crippen molar-refractivity contribution in [3.05, 3.63) is 23.8 Å². The molecular formula is C13H22N8. The summed E-state index contributed by atoms with van der Waals surface area (Å²) in [4.78, 5) is 16.8. The first kappa shape index (κ1) is 15.2. The molecule has 2 aromatic rings. The lowest BCUT2D eigenvalue weighted by Crippen LogP contribution is -2.25. The molecule has 8 heteroatoms. The summed E-state index contributed by atoms with van der Waals surface area (Å²) in [5.74, 6) is 1.47. The van der Waals surface area contributed by atoms with Crippen LogP contribution in [0, 0.1) is 0 Å². The molecule has 0 aliphatic rings. The van der Waals surface area contributed by atoms with E-state index in [-0.39, 0.29) is 12.0 Å². The van der Waals surface area contributed by atoms with Crippen molar-refractivity contribution < 1.29 is 0 Å². The van der Waals surface area contributed by atoms with Gasteiger partial charge < -0.3 is 10.6 Å². The van der Waals surface area contributed by atoms with Gasteiger partial charge in [0.25, 0.3) is 0 Å². The first-order valence-electron chi connectivity index (χ1n) is 6.73. The molecule has 0 saturated heterocycles. The highest BCUT2D eigenvalue weighted by atomic mass is 15.3. The zero-order valence-corrected chi connectivity index (χ0v) is 13.1. The fourth-order valence-electron chi connectivity index (χ4n) is 1.96. The number of nitrogens with two attached hydrogens (primary N) is 1. The lowest BCUT2D eigenvalue weighted by molar-refractivity contribution is 0.243. The Kier molecular flexibility index (Phi) is 4.37. The normalized spacial score (nSPS) is 12.7. The summed E-state index contributed by atoms with van der Waals surface area (Å²) in [7, 11) is 7.68. The molecule has 0 aromatic carbocycles. The Labute approximate surface area is 124 Å². The Morgan fingerprint density at radius 2 is 1.95 bits per heavy atom. The van der Waals surface area contributed by atoms with Crippen LogP contribution >= 0.6 is 0 Å². The van der Waals surface area contributed by atoms with Gasteiger partial charge in [0, 0.05) is 39.4 Å². The minimum absolute atomic E-state index is 0.0224. The molecule has 8 nitrogen and oxygen atoms in total. The van der Waals surface area contributed by atoms with Gasteiger partial charge in [-0.1, -0.05) is 0 Å². The van der Waals surface area contributed by atoms with Gasteiger partial charge in [-0.05, 0) is 14.0 Å². The number of anilines is 2. The molecule has 0 amide bonds. The minimum atomic E-state index is 0.0224. The van der Waals surface area contributed by atoms with E-state index in [1.54, 1.807) is 4.68 Å². The van der Waals surface area contributed by atoms with E-state index in [2.05, 4.69) is 25.0 Å². The predicted molar refractivity (Wildman–Crippen MR) is 81.7 cm³/mol. The maximum Gasteiger partial charge on any atom is 0.229 e. The molecule has 0 unspecified atom stereocenters. The number of aromatic nitrogens is 5. The van der Waals surface area contributed by atoms with Crippen LogP contribution in [0.15, 0.2) is 12.4 Å². The lowest BCUT2D eigenvalue weighted by atomic mass is 10.2. The summed E-state index contributed by atoms with van der Waals surface area (Å²) >= 11 is 0. The van der Waals surface area contributed by atoms with E-state index in [0.29, 0.717) is 11.8 Å². The van der Waals surface area contributed by atoms with E-state index in [1.807, 2.05) is 52.4 Å². The molecule has 0 aliphatic heterocycles. The average molecular weight is 290 g/mol. The highest BCUT2D eigenvalue weighted by Gasteiger charge is 2.18. The molecule has 114 valence electrons. The van der Waals surface area contributed by atoms with E-state index >= 15 is 0 Å². The van der Waals surface area contributed by atoms with Crippen molar-refractivity contribution in [3.8, 4) is 0 Å². The Balaban J connectivity index is 2.16. The number of aryl methyl sites for hydroxylation is 1. The fourth-order valence-corrected chi connectivity index (χ4v) is 1.96. The molecule has 1 atom stereocenters. The van der Waals surface area contributed by atoms with Crippen LogP contribution in [0.2, 0.25) is 0 Å². The second-order valence-corrected chi connectivity index (χ2v) is 5.36. The lowest BCUT2D eigenvalue weighted by Gasteiger charge is -2.23. The molecule has 2 N–H and O–H groups in total. The third kappa shape index (κ3) is 3.66. The maximum atomic E-state index is 5.77. The van der Waals surface area contributed by atoms with Gasteiger partial charge >= 0.3 is 0 Å². The molecule has 21 heavy (non-hydrogen) atoms. The van der Waals surface area contributed by atoms with Crippen molar-refractivity contribution in [2.75, 3.05) is 31.8 Å². The van der Waals surface area contributed by atoms with E-state index in [4.69, 9.17) is 5.73 Å². The topological polar surface area (TPSA) is 89.0 Å². The molecule has 2 aromatic heterocycles. The molecule has 2 rings (SSSR count). The molecule has 0 aliphatic carbocycles. The van der Waals surface area contributed by atoms with Crippen LogP contribution < -0.4 is 10.6 Å². The van der Waals surface area contributed by atoms with Crippen LogP contribution in [0.25, 0.3) is 0 Å². The number of nitrogen functional groups attached to an aromatic ring is 1. The van der Waals surface area contributed by atoms with E-state index < -0.39 is 0 Å². The molecular weight excluding hydrogens is 268 g/mol. The first-order chi connectivity index (χ1) is 9.86. The minimum Gasteiger partial charge on any atom is -0.368 e. The van der Waals surface area contributed by atoms with E-state index in [1.165, 1.54) is 0 Å². The number of rotatable bonds is 5. The van der Waals surface area contributed by atoms with Crippen LogP contribution in [-0.2, 0) is 13.6 Å². The summed E-state index contributed by atoms with van der Waals surface area (Å²) in [5, 5.41) is 4.18. The first-order valence-corrected chi connectivity index (χ1v) is 6.73. The quantitative estimate of drug-likeness (QED) is 0.855. The van der Waals surface area contributed by atoms with Gasteiger partial charge in [-0.3, -0.25) is 9.58 Å². The van der Waals surface area contributed by atoms with Crippen LogP contribution in [0.4, 0.5) is 11.9 Å². The summed E-state index contributed by atoms with van der Waals surface area (Å²) < 4.78 is 1.79. The van der Waals surface area contributed by atoms with E-state index in [9.17, 15) is 0 Å². The van der Waals surface area contributed by atoms with Gasteiger partial charge in [-0.15, -0.1) is 0 Å². The van der Waals surface area contributed by atoms with Crippen molar-refractivity contribution in [1.82, 2.24) is 29.6 Å². The van der Waals surface area contributed by atoms with Crippen molar-refractivity contribution in [1.29, 1.82) is 0 Å². The van der Waals surface area contributed by atoms with Gasteiger partial charge in [0.05, 0.1) is 12.2 Å². The number of hydrogen-bond donors (Lipinski definition) is 1. The van der Waals surface area contributed by atoms with Gasteiger partial charge in [0.1, 0.15) is 0 Å². The second kappa shape index (κ2) is 6.04. The SMILES string of the molecule is C[C@H](c1nc(N)nc(N(C)C)n1)N(C)Cc1cnn(C)c1. The maximum absolute atomic E-state index is 5.77. The average Bonchev–Trinajstić information content (AvgIpc) is 2.82. The van der Waals surface area contributed by atoms with Crippen molar-refractivity contribution in [2.45, 2.75) is 19.5 Å². The number of nitrogens with zero attached hydrogens (tertiary/aromatic N) is 7. The summed E-state index contributed by atoms with van der Waals surface area (Å²) in [6.45, 7) is 2.81. The predicted octanol–water partition coefficient (Wildman–Crippen LogP) is 0.446. The van der Waals surface area contributed by atoms with Crippen LogP contribution in [0.5, 0.6) is 0 Å². The van der Waals surface area contributed by atoms with Crippen LogP contribution in [0.1, 0.15) is 24.4 Å². The highest BCUT2D eigenvalue weighted by molar-refractivity contribution is 5.33. The van der Waals surface area contributed by atoms with Gasteiger partial charge in [0.2, 0.25) is 11.9 Å². The number of hydrogen-bond acceptors (Lipinski definition) is 7. The Bertz CT molecular complexity index is 606. The molecule has 0 fully saturated rings. The smallest absolute Gasteiger partial charge is 0.229 e. The Hall–Kier alpha value is -2.22. The Morgan fingerprint density at radius 3 is 2.52 bits per heavy atom. The Morgan fingerprint density at radius 1 is 1.24 bits per heavy atom. The highest BCUT2D eigenvalue weighted by Crippen LogP contribution is 2.19. The second-order valence-electron chi connectivity index (χ2n) is 5.36. The molecule has 0 spiro atoms. The molecule has 2 heterocycles. The third-order valence-electron chi connectivity index (χ3n) is 3.28. The fraction of sp³-hybridized carbons (Fsp3) is 0.538. The van der Waals surface area contributed by atoms with Crippen molar-refractivity contribution in [3.63, 3.8) is 0 Å². The standard InChI is InChI=1S/C13H22N8/c1-9(20(4)7-10-6-15-21(5)8-10)11-16-12(14)18-13(17-11)19(2)3/h6,8-9H,7H2,1-5H3,(H2,14,16,17,18)/t9-/m1/s1. The third-order valence-corrected chi connectivity index (χ3v) is 3.28. The summed E-state index contributed by atoms with van der Waals surface area (Å²) in [6, 6.07) is 0.0224. The monoisotopic (exact) mass is 290 g/mol. The largest absolute Gasteiger partial charge is 0.368 e. The zero-order valence-electron chi connectivity index (χ0n) is 13.1. The summed E-state index contributed by atoms with van der Waals surface area (Å²) in [6.07, 6.45) is 3.85. The van der Waals surface area contributed by atoms with Crippen molar-refractivity contribution in [2.24, 2.45) is 7.05 Å². The van der Waals surface area contributed by atoms with Gasteiger partial charge in [0.15, 0.2) is 5.82 Å². The van der Waals surface area contributed by atoms with Crippen LogP contribution in [0.3, 0.4) is 0 Å². The molecule has 0 saturated carbocycles. The van der Waals surface area contributed by atoms with Gasteiger partial charge in [-0.25, -0.2) is 0 Å². The zero-order chi connectivity index (χ0) is 15.6. The van der Waals surface area contributed by atoms with E-state index in [0.717, 1.165) is 12.1 Å². The van der Waals surface area contributed by atoms with Crippen molar-refractivity contribution >= 4 is 11.9 Å². The van der Waals surface area contributed by atoms with Crippen LogP contribution in [-0.4, -0.2) is 50.8 Å². The molecule has 0 bridgehead atoms.